The van der Waals surface area contributed by atoms with Gasteiger partial charge in [-0.25, -0.2) is 0 Å². The second-order valence-electron chi connectivity index (χ2n) is 2.35. The number of pyridine rings is 1. The molecule has 1 amide bonds. The number of aromatic nitrogens is 1. The lowest BCUT2D eigenvalue weighted by atomic mass is 10.3. The molecule has 3 nitrogen and oxygen atoms in total. The van der Waals surface area contributed by atoms with Gasteiger partial charge in [-0.1, -0.05) is 31.5 Å². The van der Waals surface area contributed by atoms with Crippen LogP contribution in [-0.2, 0) is 0 Å². The average molecular weight is 243 g/mol. The molecule has 0 fully saturated rings. The maximum atomic E-state index is 10.9. The van der Waals surface area contributed by atoms with Crippen LogP contribution in [0.4, 0.5) is 0 Å². The van der Waals surface area contributed by atoms with Crippen LogP contribution in [0.15, 0.2) is 31.0 Å². The Morgan fingerprint density at radius 3 is 2.44 bits per heavy atom. The molecule has 1 N–H and O–H groups in total. The molecule has 0 aliphatic rings. The number of allylic oxidation sites excluding steroid dienone is 1. The molecule has 4 heteroatoms. The molecule has 0 atom stereocenters. The lowest BCUT2D eigenvalue weighted by Crippen LogP contribution is -2.18. The molecular formula is C12H19ClN2O. The number of amides is 1. The maximum absolute atomic E-state index is 10.9. The van der Waals surface area contributed by atoms with Crippen molar-refractivity contribution in [1.29, 1.82) is 0 Å². The van der Waals surface area contributed by atoms with Crippen LogP contribution in [-0.4, -0.2) is 17.9 Å². The molecule has 1 heterocycles. The summed E-state index contributed by atoms with van der Waals surface area (Å²) >= 11 is 5.63. The third kappa shape index (κ3) is 8.00. The van der Waals surface area contributed by atoms with Gasteiger partial charge in [0.05, 0.1) is 0 Å². The monoisotopic (exact) mass is 242 g/mol. The summed E-state index contributed by atoms with van der Waals surface area (Å²) in [5.74, 6) is -0.229. The molecule has 0 aromatic carbocycles. The summed E-state index contributed by atoms with van der Waals surface area (Å²) in [6.45, 7) is 9.25. The van der Waals surface area contributed by atoms with Crippen molar-refractivity contribution < 1.29 is 4.79 Å². The first-order valence-electron chi connectivity index (χ1n) is 5.06. The van der Waals surface area contributed by atoms with E-state index in [0.29, 0.717) is 10.7 Å². The molecule has 0 aliphatic carbocycles. The van der Waals surface area contributed by atoms with Crippen molar-refractivity contribution in [3.63, 3.8) is 0 Å². The molecular weight excluding hydrogens is 224 g/mol. The van der Waals surface area contributed by atoms with Gasteiger partial charge in [-0.3, -0.25) is 9.78 Å². The van der Waals surface area contributed by atoms with Crippen molar-refractivity contribution in [1.82, 2.24) is 10.3 Å². The Labute approximate surface area is 103 Å². The number of halogens is 1. The van der Waals surface area contributed by atoms with Gasteiger partial charge >= 0.3 is 0 Å². The Morgan fingerprint density at radius 1 is 1.56 bits per heavy atom. The lowest BCUT2D eigenvalue weighted by Gasteiger charge is -1.97. The Kier molecular flexibility index (Phi) is 12.5. The second kappa shape index (κ2) is 11.7. The summed E-state index contributed by atoms with van der Waals surface area (Å²) in [5.41, 5.74) is 0.333. The van der Waals surface area contributed by atoms with Gasteiger partial charge in [0, 0.05) is 18.3 Å². The fraction of sp³-hybridized carbons (Fsp3) is 0.333. The lowest BCUT2D eigenvalue weighted by molar-refractivity contribution is 0.0958. The first-order valence-corrected chi connectivity index (χ1v) is 5.44. The smallest absolute Gasteiger partial charge is 0.269 e. The zero-order chi connectivity index (χ0) is 13.0. The third-order valence-corrected chi connectivity index (χ3v) is 1.42. The van der Waals surface area contributed by atoms with E-state index in [2.05, 4.69) is 16.9 Å². The minimum absolute atomic E-state index is 0.229. The van der Waals surface area contributed by atoms with Crippen LogP contribution >= 0.6 is 11.6 Å². The third-order valence-electron chi connectivity index (χ3n) is 1.18. The number of nitrogens with one attached hydrogen (secondary N) is 1. The molecule has 0 bridgehead atoms. The fourth-order valence-corrected chi connectivity index (χ4v) is 0.817. The molecule has 0 saturated heterocycles. The average Bonchev–Trinajstić information content (AvgIpc) is 2.32. The van der Waals surface area contributed by atoms with Gasteiger partial charge in [-0.15, -0.1) is 6.58 Å². The molecule has 16 heavy (non-hydrogen) atoms. The summed E-state index contributed by atoms with van der Waals surface area (Å²) in [4.78, 5) is 14.7. The van der Waals surface area contributed by atoms with E-state index >= 15 is 0 Å². The van der Waals surface area contributed by atoms with Crippen molar-refractivity contribution in [3.05, 3.63) is 41.7 Å². The normalized spacial score (nSPS) is 7.56. The minimum atomic E-state index is -0.229. The molecule has 1 rings (SSSR count). The summed E-state index contributed by atoms with van der Waals surface area (Å²) in [6.07, 6.45) is 3.24. The van der Waals surface area contributed by atoms with Crippen LogP contribution in [0.2, 0.25) is 5.02 Å². The van der Waals surface area contributed by atoms with Gasteiger partial charge in [0.15, 0.2) is 0 Å². The quantitative estimate of drug-likeness (QED) is 0.768. The minimum Gasteiger partial charge on any atom is -0.354 e. The highest BCUT2D eigenvalue weighted by molar-refractivity contribution is 6.30. The van der Waals surface area contributed by atoms with Crippen LogP contribution in [0.5, 0.6) is 0 Å². The van der Waals surface area contributed by atoms with Gasteiger partial charge < -0.3 is 5.32 Å². The Hall–Kier alpha value is -1.35. The van der Waals surface area contributed by atoms with Crippen molar-refractivity contribution in [3.8, 4) is 0 Å². The highest BCUT2D eigenvalue weighted by Gasteiger charge is 2.03. The zero-order valence-electron chi connectivity index (χ0n) is 10.2. The molecule has 0 spiro atoms. The maximum Gasteiger partial charge on any atom is 0.269 e. The number of hydrogen-bond donors (Lipinski definition) is 1. The van der Waals surface area contributed by atoms with Crippen LogP contribution in [0.1, 0.15) is 31.3 Å². The molecule has 0 aliphatic heterocycles. The van der Waals surface area contributed by atoms with Crippen LogP contribution in [0.3, 0.4) is 0 Å². The van der Waals surface area contributed by atoms with Gasteiger partial charge in [0.1, 0.15) is 5.69 Å². The highest BCUT2D eigenvalue weighted by atomic mass is 35.5. The van der Waals surface area contributed by atoms with E-state index in [9.17, 15) is 4.79 Å². The first kappa shape index (κ1) is 17.1. The summed E-state index contributed by atoms with van der Waals surface area (Å²) in [6, 6.07) is 3.13. The Morgan fingerprint density at radius 2 is 2.06 bits per heavy atom. The van der Waals surface area contributed by atoms with E-state index in [-0.39, 0.29) is 5.91 Å². The van der Waals surface area contributed by atoms with E-state index in [1.54, 1.807) is 19.2 Å². The number of carbonyl (C=O) groups is 1. The summed E-state index contributed by atoms with van der Waals surface area (Å²) in [5, 5.41) is 2.96. The number of hydrogen-bond acceptors (Lipinski definition) is 2. The molecule has 0 unspecified atom stereocenters. The van der Waals surface area contributed by atoms with Gasteiger partial charge in [-0.2, -0.15) is 0 Å². The van der Waals surface area contributed by atoms with Crippen LogP contribution in [0.25, 0.3) is 0 Å². The predicted molar refractivity (Wildman–Crippen MR) is 69.9 cm³/mol. The first-order chi connectivity index (χ1) is 7.65. The molecule has 0 radical (unpaired) electrons. The molecule has 90 valence electrons. The Balaban J connectivity index is 0. The number of rotatable bonds is 1. The van der Waals surface area contributed by atoms with Gasteiger partial charge in [0.2, 0.25) is 0 Å². The molecule has 1 aromatic heterocycles. The fourth-order valence-electron chi connectivity index (χ4n) is 0.657. The molecule has 0 saturated carbocycles. The number of carbonyl (C=O) groups excluding carboxylic acids is 1. The SMILES string of the molecule is C=CC.CC.CNC(=O)c1cc(Cl)ccn1. The van der Waals surface area contributed by atoms with Crippen molar-refractivity contribution in [2.75, 3.05) is 7.05 Å². The van der Waals surface area contributed by atoms with Crippen LogP contribution < -0.4 is 5.32 Å². The topological polar surface area (TPSA) is 42.0 Å². The van der Waals surface area contributed by atoms with E-state index in [0.717, 1.165) is 0 Å². The van der Waals surface area contributed by atoms with Crippen molar-refractivity contribution in [2.24, 2.45) is 0 Å². The van der Waals surface area contributed by atoms with E-state index in [1.165, 1.54) is 12.3 Å². The standard InChI is InChI=1S/C7H7ClN2O.C3H6.C2H6/c1-9-7(11)6-4-5(8)2-3-10-6;1-3-2;1-2/h2-4H,1H3,(H,9,11);3H,1H2,2H3;1-2H3. The van der Waals surface area contributed by atoms with E-state index in [4.69, 9.17) is 11.6 Å². The van der Waals surface area contributed by atoms with E-state index < -0.39 is 0 Å². The van der Waals surface area contributed by atoms with Gasteiger partial charge in [-0.05, 0) is 19.1 Å². The highest BCUT2D eigenvalue weighted by Crippen LogP contribution is 2.07. The zero-order valence-corrected chi connectivity index (χ0v) is 11.0. The summed E-state index contributed by atoms with van der Waals surface area (Å²) < 4.78 is 0. The second-order valence-corrected chi connectivity index (χ2v) is 2.78. The van der Waals surface area contributed by atoms with Crippen molar-refractivity contribution >= 4 is 17.5 Å². The van der Waals surface area contributed by atoms with Gasteiger partial charge in [0.25, 0.3) is 5.91 Å². The Bertz CT molecular complexity index is 314. The molecule has 1 aromatic rings. The van der Waals surface area contributed by atoms with E-state index in [1.807, 2.05) is 20.8 Å². The van der Waals surface area contributed by atoms with Crippen molar-refractivity contribution in [2.45, 2.75) is 20.8 Å². The summed E-state index contributed by atoms with van der Waals surface area (Å²) in [7, 11) is 1.55. The predicted octanol–water partition coefficient (Wildman–Crippen LogP) is 3.31. The van der Waals surface area contributed by atoms with Crippen LogP contribution in [0, 0.1) is 0 Å². The largest absolute Gasteiger partial charge is 0.354 e. The number of nitrogens with zero attached hydrogens (tertiary/aromatic N) is 1.